The van der Waals surface area contributed by atoms with E-state index in [1.54, 1.807) is 24.3 Å². The van der Waals surface area contributed by atoms with Crippen LogP contribution in [0.5, 0.6) is 0 Å². The van der Waals surface area contributed by atoms with E-state index in [9.17, 15) is 8.78 Å². The van der Waals surface area contributed by atoms with E-state index in [1.807, 2.05) is 12.1 Å². The highest BCUT2D eigenvalue weighted by Gasteiger charge is 2.08. The summed E-state index contributed by atoms with van der Waals surface area (Å²) in [5.41, 5.74) is 1.55. The number of pyridine rings is 1. The van der Waals surface area contributed by atoms with E-state index in [1.165, 1.54) is 12.1 Å². The maximum atomic E-state index is 13.5. The van der Waals surface area contributed by atoms with Crippen molar-refractivity contribution < 1.29 is 8.78 Å². The van der Waals surface area contributed by atoms with Gasteiger partial charge in [0.2, 0.25) is 0 Å². The molecule has 2 rings (SSSR count). The Morgan fingerprint density at radius 2 is 1.83 bits per heavy atom. The van der Waals surface area contributed by atoms with Gasteiger partial charge in [-0.05, 0) is 36.2 Å². The molecular weight excluding hydrogens is 234 g/mol. The molecule has 0 aliphatic heterocycles. The quantitative estimate of drug-likeness (QED) is 0.826. The monoisotopic (exact) mass is 248 g/mol. The minimum Gasteiger partial charge on any atom is -0.372 e. The molecule has 0 bridgehead atoms. The molecule has 0 radical (unpaired) electrons. The lowest BCUT2D eigenvalue weighted by atomic mass is 10.2. The number of halogens is 2. The second kappa shape index (κ2) is 5.58. The molecule has 0 unspecified atom stereocenters. The first-order valence-electron chi connectivity index (χ1n) is 5.72. The highest BCUT2D eigenvalue weighted by atomic mass is 19.1. The zero-order valence-corrected chi connectivity index (χ0v) is 10.1. The Bertz CT molecular complexity index is 514. The van der Waals surface area contributed by atoms with Gasteiger partial charge in [0, 0.05) is 32.1 Å². The topological polar surface area (TPSA) is 16.1 Å². The zero-order valence-electron chi connectivity index (χ0n) is 10.1. The van der Waals surface area contributed by atoms with Crippen LogP contribution >= 0.6 is 0 Å². The molecule has 0 atom stereocenters. The van der Waals surface area contributed by atoms with E-state index in [0.29, 0.717) is 12.2 Å². The Labute approximate surface area is 105 Å². The Kier molecular flexibility index (Phi) is 3.87. The maximum Gasteiger partial charge on any atom is 0.149 e. The van der Waals surface area contributed by atoms with Crippen LogP contribution in [0.4, 0.5) is 14.5 Å². The van der Waals surface area contributed by atoms with E-state index in [-0.39, 0.29) is 0 Å². The van der Waals surface area contributed by atoms with Crippen molar-refractivity contribution in [1.29, 1.82) is 0 Å². The predicted octanol–water partition coefficient (Wildman–Crippen LogP) is 3.04. The molecule has 0 amide bonds. The van der Waals surface area contributed by atoms with E-state index < -0.39 is 11.6 Å². The van der Waals surface area contributed by atoms with Crippen molar-refractivity contribution in [2.75, 3.05) is 18.5 Å². The van der Waals surface area contributed by atoms with E-state index in [0.717, 1.165) is 18.1 Å². The van der Waals surface area contributed by atoms with E-state index >= 15 is 0 Å². The number of hydrogen-bond donors (Lipinski definition) is 0. The summed E-state index contributed by atoms with van der Waals surface area (Å²) in [5.74, 6) is -1.09. The Morgan fingerprint density at radius 1 is 1.11 bits per heavy atom. The second-order valence-corrected chi connectivity index (χ2v) is 4.12. The van der Waals surface area contributed by atoms with Crippen LogP contribution in [0.15, 0.2) is 42.7 Å². The normalized spacial score (nSPS) is 10.4. The van der Waals surface area contributed by atoms with Gasteiger partial charge in [0.15, 0.2) is 0 Å². The molecule has 1 aromatic carbocycles. The summed E-state index contributed by atoms with van der Waals surface area (Å²) >= 11 is 0. The predicted molar refractivity (Wildman–Crippen MR) is 67.6 cm³/mol. The van der Waals surface area contributed by atoms with Crippen LogP contribution in [-0.2, 0) is 6.42 Å². The Morgan fingerprint density at radius 3 is 2.50 bits per heavy atom. The van der Waals surface area contributed by atoms with Gasteiger partial charge < -0.3 is 4.90 Å². The molecule has 1 aromatic heterocycles. The largest absolute Gasteiger partial charge is 0.372 e. The standard InChI is InChI=1S/C14H14F2N2/c1-18(9-6-11-4-7-17-8-5-11)14-3-2-12(15)10-13(14)16/h2-5,7-8,10H,6,9H2,1H3. The van der Waals surface area contributed by atoms with Crippen molar-refractivity contribution in [2.45, 2.75) is 6.42 Å². The molecule has 0 saturated heterocycles. The van der Waals surface area contributed by atoms with Crippen LogP contribution in [0, 0.1) is 11.6 Å². The van der Waals surface area contributed by atoms with Crippen LogP contribution in [-0.4, -0.2) is 18.6 Å². The molecule has 4 heteroatoms. The van der Waals surface area contributed by atoms with E-state index in [2.05, 4.69) is 4.98 Å². The summed E-state index contributed by atoms with van der Waals surface area (Å²) in [6, 6.07) is 7.47. The third kappa shape index (κ3) is 3.03. The van der Waals surface area contributed by atoms with Crippen LogP contribution in [0.3, 0.4) is 0 Å². The van der Waals surface area contributed by atoms with Gasteiger partial charge in [-0.1, -0.05) is 0 Å². The fraction of sp³-hybridized carbons (Fsp3) is 0.214. The maximum absolute atomic E-state index is 13.5. The van der Waals surface area contributed by atoms with Gasteiger partial charge in [-0.2, -0.15) is 0 Å². The average molecular weight is 248 g/mol. The zero-order chi connectivity index (χ0) is 13.0. The molecule has 0 saturated carbocycles. The van der Waals surface area contributed by atoms with Gasteiger partial charge in [0.05, 0.1) is 5.69 Å². The fourth-order valence-corrected chi connectivity index (χ4v) is 1.76. The second-order valence-electron chi connectivity index (χ2n) is 4.12. The molecule has 0 N–H and O–H groups in total. The minimum absolute atomic E-state index is 0.408. The van der Waals surface area contributed by atoms with Crippen molar-refractivity contribution in [1.82, 2.24) is 4.98 Å². The van der Waals surface area contributed by atoms with Crippen LogP contribution in [0.2, 0.25) is 0 Å². The first-order chi connectivity index (χ1) is 8.66. The van der Waals surface area contributed by atoms with Crippen LogP contribution in [0.1, 0.15) is 5.56 Å². The highest BCUT2D eigenvalue weighted by molar-refractivity contribution is 5.47. The molecule has 18 heavy (non-hydrogen) atoms. The average Bonchev–Trinajstić information content (AvgIpc) is 2.37. The molecule has 0 spiro atoms. The summed E-state index contributed by atoms with van der Waals surface area (Å²) in [6.07, 6.45) is 4.25. The van der Waals surface area contributed by atoms with Gasteiger partial charge in [0.1, 0.15) is 11.6 Å². The number of hydrogen-bond acceptors (Lipinski definition) is 2. The number of likely N-dealkylation sites (N-methyl/N-ethyl adjacent to an activating group) is 1. The SMILES string of the molecule is CN(CCc1ccncc1)c1ccc(F)cc1F. The summed E-state index contributed by atoms with van der Waals surface area (Å²) in [4.78, 5) is 5.71. The molecule has 94 valence electrons. The van der Waals surface area contributed by atoms with Gasteiger partial charge >= 0.3 is 0 Å². The lowest BCUT2D eigenvalue weighted by molar-refractivity contribution is 0.581. The fourth-order valence-electron chi connectivity index (χ4n) is 1.76. The van der Waals surface area contributed by atoms with Crippen molar-refractivity contribution in [2.24, 2.45) is 0 Å². The number of benzene rings is 1. The lowest BCUT2D eigenvalue weighted by Crippen LogP contribution is -2.21. The van der Waals surface area contributed by atoms with Crippen molar-refractivity contribution in [3.05, 3.63) is 59.9 Å². The minimum atomic E-state index is -0.557. The van der Waals surface area contributed by atoms with Gasteiger partial charge in [0.25, 0.3) is 0 Å². The van der Waals surface area contributed by atoms with Crippen LogP contribution in [0.25, 0.3) is 0 Å². The molecule has 2 nitrogen and oxygen atoms in total. The Hall–Kier alpha value is -1.97. The number of rotatable bonds is 4. The van der Waals surface area contributed by atoms with Crippen molar-refractivity contribution in [3.8, 4) is 0 Å². The molecule has 0 aliphatic carbocycles. The van der Waals surface area contributed by atoms with Crippen molar-refractivity contribution in [3.63, 3.8) is 0 Å². The van der Waals surface area contributed by atoms with Gasteiger partial charge in [-0.3, -0.25) is 4.98 Å². The Balaban J connectivity index is 2.01. The summed E-state index contributed by atoms with van der Waals surface area (Å²) in [7, 11) is 1.79. The smallest absolute Gasteiger partial charge is 0.149 e. The molecule has 0 fully saturated rings. The lowest BCUT2D eigenvalue weighted by Gasteiger charge is -2.19. The van der Waals surface area contributed by atoms with Crippen molar-refractivity contribution >= 4 is 5.69 Å². The molecule has 2 aromatic rings. The number of anilines is 1. The number of nitrogens with zero attached hydrogens (tertiary/aromatic N) is 2. The molecular formula is C14H14F2N2. The molecule has 0 aliphatic rings. The van der Waals surface area contributed by atoms with Gasteiger partial charge in [-0.25, -0.2) is 8.78 Å². The number of aromatic nitrogens is 1. The summed E-state index contributed by atoms with van der Waals surface area (Å²) in [5, 5.41) is 0. The van der Waals surface area contributed by atoms with E-state index in [4.69, 9.17) is 0 Å². The highest BCUT2D eigenvalue weighted by Crippen LogP contribution is 2.19. The van der Waals surface area contributed by atoms with Crippen LogP contribution < -0.4 is 4.90 Å². The first kappa shape index (κ1) is 12.5. The third-order valence-corrected chi connectivity index (χ3v) is 2.81. The third-order valence-electron chi connectivity index (χ3n) is 2.81. The molecule has 1 heterocycles. The first-order valence-corrected chi connectivity index (χ1v) is 5.72. The summed E-state index contributed by atoms with van der Waals surface area (Å²) in [6.45, 7) is 0.659. The summed E-state index contributed by atoms with van der Waals surface area (Å²) < 4.78 is 26.3. The van der Waals surface area contributed by atoms with Gasteiger partial charge in [-0.15, -0.1) is 0 Å².